The van der Waals surface area contributed by atoms with Crippen LogP contribution in [0.4, 0.5) is 0 Å². The van der Waals surface area contributed by atoms with E-state index >= 15 is 0 Å². The van der Waals surface area contributed by atoms with Crippen molar-refractivity contribution >= 4 is 27.5 Å². The highest BCUT2D eigenvalue weighted by molar-refractivity contribution is 9.10. The van der Waals surface area contributed by atoms with Crippen LogP contribution in [0.5, 0.6) is 0 Å². The van der Waals surface area contributed by atoms with E-state index in [9.17, 15) is 0 Å². The van der Waals surface area contributed by atoms with Crippen molar-refractivity contribution in [3.63, 3.8) is 0 Å². The maximum atomic E-state index is 6.24. The lowest BCUT2D eigenvalue weighted by Gasteiger charge is -2.14. The second-order valence-electron chi connectivity index (χ2n) is 4.09. The Morgan fingerprint density at radius 3 is 2.53 bits per heavy atom. The van der Waals surface area contributed by atoms with Crippen molar-refractivity contribution in [2.24, 2.45) is 5.73 Å². The molecule has 1 nitrogen and oxygen atoms in total. The van der Waals surface area contributed by atoms with Crippen LogP contribution in [0.2, 0.25) is 5.02 Å². The topological polar surface area (TPSA) is 26.0 Å². The third-order valence-corrected chi connectivity index (χ3v) is 3.32. The quantitative estimate of drug-likeness (QED) is 0.871. The molecule has 0 spiro atoms. The van der Waals surface area contributed by atoms with Gasteiger partial charge in [-0.3, -0.25) is 0 Å². The average molecular weight is 311 g/mol. The highest BCUT2D eigenvalue weighted by Crippen LogP contribution is 2.26. The van der Waals surface area contributed by atoms with Crippen LogP contribution < -0.4 is 5.73 Å². The lowest BCUT2D eigenvalue weighted by Crippen LogP contribution is -2.11. The average Bonchev–Trinajstić information content (AvgIpc) is 2.26. The third-order valence-electron chi connectivity index (χ3n) is 2.65. The van der Waals surface area contributed by atoms with Gasteiger partial charge in [-0.1, -0.05) is 57.4 Å². The molecule has 0 saturated carbocycles. The first-order valence-corrected chi connectivity index (χ1v) is 6.51. The third kappa shape index (κ3) is 3.09. The Morgan fingerprint density at radius 2 is 1.88 bits per heavy atom. The molecule has 0 aromatic heterocycles. The highest BCUT2D eigenvalue weighted by Gasteiger charge is 2.10. The van der Waals surface area contributed by atoms with E-state index in [2.05, 4.69) is 35.0 Å². The van der Waals surface area contributed by atoms with Gasteiger partial charge in [-0.05, 0) is 36.2 Å². The number of hydrogen-bond acceptors (Lipinski definition) is 1. The van der Waals surface area contributed by atoms with Gasteiger partial charge >= 0.3 is 0 Å². The summed E-state index contributed by atoms with van der Waals surface area (Å²) in [7, 11) is 0. The maximum absolute atomic E-state index is 6.24. The zero-order chi connectivity index (χ0) is 12.4. The minimum absolute atomic E-state index is 0.148. The van der Waals surface area contributed by atoms with Gasteiger partial charge in [0.1, 0.15) is 0 Å². The summed E-state index contributed by atoms with van der Waals surface area (Å²) < 4.78 is 0.947. The maximum Gasteiger partial charge on any atom is 0.0552 e. The predicted octanol–water partition coefficient (Wildman–Crippen LogP) is 4.46. The summed E-state index contributed by atoms with van der Waals surface area (Å²) in [6.45, 7) is 2.06. The first-order chi connectivity index (χ1) is 8.06. The first-order valence-electron chi connectivity index (χ1n) is 5.34. The van der Waals surface area contributed by atoms with Crippen LogP contribution in [-0.4, -0.2) is 0 Å². The molecule has 0 bridgehead atoms. The number of aryl methyl sites for hydroxylation is 1. The van der Waals surface area contributed by atoms with Crippen molar-refractivity contribution in [3.8, 4) is 0 Å². The molecule has 1 unspecified atom stereocenters. The Hall–Kier alpha value is -0.830. The van der Waals surface area contributed by atoms with E-state index in [4.69, 9.17) is 17.3 Å². The molecule has 2 aromatic carbocycles. The summed E-state index contributed by atoms with van der Waals surface area (Å²) in [6.07, 6.45) is 0. The molecule has 0 aliphatic rings. The molecule has 0 heterocycles. The van der Waals surface area contributed by atoms with Gasteiger partial charge in [0.05, 0.1) is 6.04 Å². The van der Waals surface area contributed by atoms with Crippen molar-refractivity contribution in [3.05, 3.63) is 68.7 Å². The summed E-state index contributed by atoms with van der Waals surface area (Å²) in [5.41, 5.74) is 9.56. The number of benzene rings is 2. The lowest BCUT2D eigenvalue weighted by atomic mass is 9.98. The van der Waals surface area contributed by atoms with E-state index in [1.807, 2.05) is 30.3 Å². The van der Waals surface area contributed by atoms with Gasteiger partial charge in [-0.15, -0.1) is 0 Å². The zero-order valence-electron chi connectivity index (χ0n) is 9.45. The van der Waals surface area contributed by atoms with Crippen LogP contribution in [0.1, 0.15) is 22.7 Å². The number of rotatable bonds is 2. The Labute approximate surface area is 115 Å². The van der Waals surface area contributed by atoms with Gasteiger partial charge in [0, 0.05) is 9.50 Å². The minimum atomic E-state index is -0.148. The molecule has 2 rings (SSSR count). The summed E-state index contributed by atoms with van der Waals surface area (Å²) >= 11 is 9.46. The van der Waals surface area contributed by atoms with Gasteiger partial charge in [-0.25, -0.2) is 0 Å². The summed E-state index contributed by atoms with van der Waals surface area (Å²) in [5, 5.41) is 0.692. The second-order valence-corrected chi connectivity index (χ2v) is 5.45. The van der Waals surface area contributed by atoms with E-state index in [0.29, 0.717) is 5.02 Å². The summed E-state index contributed by atoms with van der Waals surface area (Å²) in [4.78, 5) is 0. The van der Waals surface area contributed by atoms with Crippen LogP contribution in [0.3, 0.4) is 0 Å². The minimum Gasteiger partial charge on any atom is -0.320 e. The van der Waals surface area contributed by atoms with Gasteiger partial charge in [0.25, 0.3) is 0 Å². The van der Waals surface area contributed by atoms with Crippen molar-refractivity contribution < 1.29 is 0 Å². The van der Waals surface area contributed by atoms with Crippen molar-refractivity contribution in [2.75, 3.05) is 0 Å². The molecule has 0 aliphatic carbocycles. The van der Waals surface area contributed by atoms with Crippen LogP contribution in [-0.2, 0) is 0 Å². The number of halogens is 2. The molecule has 2 N–H and O–H groups in total. The molecule has 1 atom stereocenters. The molecule has 17 heavy (non-hydrogen) atoms. The zero-order valence-corrected chi connectivity index (χ0v) is 11.8. The van der Waals surface area contributed by atoms with Crippen LogP contribution in [0.25, 0.3) is 0 Å². The van der Waals surface area contributed by atoms with E-state index in [0.717, 1.165) is 15.6 Å². The monoisotopic (exact) mass is 309 g/mol. The molecule has 0 saturated heterocycles. The molecular weight excluding hydrogens is 298 g/mol. The Bertz CT molecular complexity index is 519. The SMILES string of the molecule is Cc1cccc(C(N)c2cc(Cl)cc(Br)c2)c1. The fraction of sp³-hybridized carbons (Fsp3) is 0.143. The fourth-order valence-corrected chi connectivity index (χ4v) is 2.70. The van der Waals surface area contributed by atoms with Gasteiger partial charge < -0.3 is 5.73 Å². The summed E-state index contributed by atoms with van der Waals surface area (Å²) in [6, 6.07) is 13.8. The van der Waals surface area contributed by atoms with Crippen molar-refractivity contribution in [1.82, 2.24) is 0 Å². The molecule has 3 heteroatoms. The van der Waals surface area contributed by atoms with Gasteiger partial charge in [-0.2, -0.15) is 0 Å². The van der Waals surface area contributed by atoms with E-state index < -0.39 is 0 Å². The number of nitrogens with two attached hydrogens (primary N) is 1. The molecule has 2 aromatic rings. The Kier molecular flexibility index (Phi) is 3.87. The number of hydrogen-bond donors (Lipinski definition) is 1. The second kappa shape index (κ2) is 5.21. The largest absolute Gasteiger partial charge is 0.320 e. The van der Waals surface area contributed by atoms with E-state index in [-0.39, 0.29) is 6.04 Å². The van der Waals surface area contributed by atoms with Crippen LogP contribution >= 0.6 is 27.5 Å². The van der Waals surface area contributed by atoms with Crippen molar-refractivity contribution in [1.29, 1.82) is 0 Å². The van der Waals surface area contributed by atoms with Gasteiger partial charge in [0.2, 0.25) is 0 Å². The molecule has 0 aliphatic heterocycles. The van der Waals surface area contributed by atoms with E-state index in [1.165, 1.54) is 5.56 Å². The standard InChI is InChI=1S/C14H13BrClN/c1-9-3-2-4-10(5-9)14(17)11-6-12(15)8-13(16)7-11/h2-8,14H,17H2,1H3. The first kappa shape index (κ1) is 12.6. The molecule has 0 fully saturated rings. The fourth-order valence-electron chi connectivity index (χ4n) is 1.81. The Morgan fingerprint density at radius 1 is 1.12 bits per heavy atom. The van der Waals surface area contributed by atoms with E-state index in [1.54, 1.807) is 0 Å². The molecule has 88 valence electrons. The molecule has 0 amide bonds. The highest BCUT2D eigenvalue weighted by atomic mass is 79.9. The van der Waals surface area contributed by atoms with Crippen LogP contribution in [0, 0.1) is 6.92 Å². The molecular formula is C14H13BrClN. The van der Waals surface area contributed by atoms with Gasteiger partial charge in [0.15, 0.2) is 0 Å². The van der Waals surface area contributed by atoms with Crippen LogP contribution in [0.15, 0.2) is 46.9 Å². The smallest absolute Gasteiger partial charge is 0.0552 e. The Balaban J connectivity index is 2.39. The molecule has 0 radical (unpaired) electrons. The predicted molar refractivity (Wildman–Crippen MR) is 76.4 cm³/mol. The summed E-state index contributed by atoms with van der Waals surface area (Å²) in [5.74, 6) is 0. The normalized spacial score (nSPS) is 12.5. The van der Waals surface area contributed by atoms with Crippen molar-refractivity contribution in [2.45, 2.75) is 13.0 Å². The lowest BCUT2D eigenvalue weighted by molar-refractivity contribution is 0.869.